The van der Waals surface area contributed by atoms with Crippen LogP contribution in [0.5, 0.6) is 0 Å². The molecule has 1 aromatic rings. The van der Waals surface area contributed by atoms with Crippen LogP contribution in [0.25, 0.3) is 0 Å². The summed E-state index contributed by atoms with van der Waals surface area (Å²) in [7, 11) is 1.84. The summed E-state index contributed by atoms with van der Waals surface area (Å²) in [6.45, 7) is 2.59. The van der Waals surface area contributed by atoms with Crippen molar-refractivity contribution in [2.24, 2.45) is 0 Å². The van der Waals surface area contributed by atoms with Crippen LogP contribution in [0.4, 0.5) is 0 Å². The van der Waals surface area contributed by atoms with Gasteiger partial charge in [-0.15, -0.1) is 0 Å². The molecule has 0 aliphatic carbocycles. The average Bonchev–Trinajstić information content (AvgIpc) is 2.20. The summed E-state index contributed by atoms with van der Waals surface area (Å²) >= 11 is 0. The number of hydrogen-bond donors (Lipinski definition) is 1. The van der Waals surface area contributed by atoms with Crippen molar-refractivity contribution in [3.63, 3.8) is 0 Å². The van der Waals surface area contributed by atoms with Gasteiger partial charge in [0, 0.05) is 11.1 Å². The van der Waals surface area contributed by atoms with E-state index in [2.05, 4.69) is 17.2 Å². The lowest BCUT2D eigenvalue weighted by Gasteiger charge is -1.97. The van der Waals surface area contributed by atoms with E-state index in [9.17, 15) is 4.79 Å². The van der Waals surface area contributed by atoms with Crippen molar-refractivity contribution >= 4 is 6.29 Å². The monoisotopic (exact) mass is 187 g/mol. The smallest absolute Gasteiger partial charge is 0.151 e. The fourth-order valence-electron chi connectivity index (χ4n) is 1.12. The highest BCUT2D eigenvalue weighted by Gasteiger charge is 1.97. The minimum absolute atomic E-state index is 0.631. The van der Waals surface area contributed by atoms with Crippen LogP contribution >= 0.6 is 0 Å². The van der Waals surface area contributed by atoms with Crippen LogP contribution in [0.1, 0.15) is 21.5 Å². The zero-order chi connectivity index (χ0) is 10.4. The molecule has 0 aliphatic heterocycles. The Bertz CT molecular complexity index is 385. The number of hydrogen-bond acceptors (Lipinski definition) is 2. The lowest BCUT2D eigenvalue weighted by atomic mass is 10.1. The van der Waals surface area contributed by atoms with Crippen LogP contribution in [0, 0.1) is 18.8 Å². The van der Waals surface area contributed by atoms with Crippen molar-refractivity contribution in [3.05, 3.63) is 34.9 Å². The van der Waals surface area contributed by atoms with Gasteiger partial charge in [-0.25, -0.2) is 0 Å². The molecule has 0 atom stereocenters. The van der Waals surface area contributed by atoms with Gasteiger partial charge in [0.05, 0.1) is 6.54 Å². The second-order valence-corrected chi connectivity index (χ2v) is 3.04. The molecule has 72 valence electrons. The molecule has 0 bridgehead atoms. The maximum Gasteiger partial charge on any atom is 0.151 e. The first-order valence-electron chi connectivity index (χ1n) is 4.47. The molecule has 1 rings (SSSR count). The van der Waals surface area contributed by atoms with Crippen LogP contribution in [-0.2, 0) is 0 Å². The Balaban J connectivity index is 2.98. The average molecular weight is 187 g/mol. The normalized spacial score (nSPS) is 9.00. The number of benzene rings is 1. The summed E-state index contributed by atoms with van der Waals surface area (Å²) in [6.07, 6.45) is 0.844. The van der Waals surface area contributed by atoms with Crippen molar-refractivity contribution in [2.45, 2.75) is 6.92 Å². The lowest BCUT2D eigenvalue weighted by molar-refractivity contribution is 0.112. The predicted molar refractivity (Wildman–Crippen MR) is 57.4 cm³/mol. The third-order valence-electron chi connectivity index (χ3n) is 1.82. The maximum atomic E-state index is 10.7. The number of carbonyl (C=O) groups is 1. The van der Waals surface area contributed by atoms with E-state index >= 15 is 0 Å². The molecule has 1 aromatic carbocycles. The Morgan fingerprint density at radius 3 is 2.93 bits per heavy atom. The van der Waals surface area contributed by atoms with Gasteiger partial charge in [-0.05, 0) is 26.1 Å². The van der Waals surface area contributed by atoms with Crippen molar-refractivity contribution in [1.29, 1.82) is 0 Å². The van der Waals surface area contributed by atoms with E-state index in [0.717, 1.165) is 17.4 Å². The summed E-state index contributed by atoms with van der Waals surface area (Å²) < 4.78 is 0. The molecule has 0 spiro atoms. The second-order valence-electron chi connectivity index (χ2n) is 3.04. The van der Waals surface area contributed by atoms with Gasteiger partial charge in [0.25, 0.3) is 0 Å². The second kappa shape index (κ2) is 5.21. The van der Waals surface area contributed by atoms with Crippen LogP contribution in [-0.4, -0.2) is 19.9 Å². The number of aldehydes is 1. The van der Waals surface area contributed by atoms with Crippen molar-refractivity contribution < 1.29 is 4.79 Å². The number of rotatable bonds is 2. The molecule has 0 aliphatic rings. The van der Waals surface area contributed by atoms with Gasteiger partial charge in [-0.1, -0.05) is 23.5 Å². The highest BCUT2D eigenvalue weighted by Crippen LogP contribution is 2.07. The van der Waals surface area contributed by atoms with Crippen LogP contribution in [0.3, 0.4) is 0 Å². The van der Waals surface area contributed by atoms with Gasteiger partial charge in [0.2, 0.25) is 0 Å². The predicted octanol–water partition coefficient (Wildman–Crippen LogP) is 1.38. The molecule has 14 heavy (non-hydrogen) atoms. The molecule has 0 aromatic heterocycles. The molecule has 0 saturated heterocycles. The van der Waals surface area contributed by atoms with Gasteiger partial charge in [0.15, 0.2) is 6.29 Å². The highest BCUT2D eigenvalue weighted by atomic mass is 16.1. The molecule has 2 heteroatoms. The molecule has 0 amide bonds. The molecule has 2 nitrogen and oxygen atoms in total. The van der Waals surface area contributed by atoms with Gasteiger partial charge in [0.1, 0.15) is 0 Å². The molecule has 0 fully saturated rings. The third-order valence-corrected chi connectivity index (χ3v) is 1.82. The third kappa shape index (κ3) is 2.72. The van der Waals surface area contributed by atoms with Gasteiger partial charge in [-0.3, -0.25) is 4.79 Å². The highest BCUT2D eigenvalue weighted by molar-refractivity contribution is 5.79. The van der Waals surface area contributed by atoms with E-state index in [1.54, 1.807) is 0 Å². The Morgan fingerprint density at radius 2 is 2.29 bits per heavy atom. The summed E-state index contributed by atoms with van der Waals surface area (Å²) in [5.41, 5.74) is 2.53. The Kier molecular flexibility index (Phi) is 3.90. The molecule has 0 radical (unpaired) electrons. The minimum atomic E-state index is 0.631. The first kappa shape index (κ1) is 10.5. The fourth-order valence-corrected chi connectivity index (χ4v) is 1.12. The van der Waals surface area contributed by atoms with Crippen LogP contribution < -0.4 is 5.32 Å². The number of aryl methyl sites for hydroxylation is 1. The zero-order valence-corrected chi connectivity index (χ0v) is 8.42. The van der Waals surface area contributed by atoms with E-state index in [0.29, 0.717) is 12.1 Å². The first-order valence-corrected chi connectivity index (χ1v) is 4.47. The topological polar surface area (TPSA) is 29.1 Å². The van der Waals surface area contributed by atoms with E-state index in [4.69, 9.17) is 0 Å². The lowest BCUT2D eigenvalue weighted by Crippen LogP contribution is -2.04. The molecule has 0 heterocycles. The standard InChI is InChI=1S/C12H13NO/c1-10-5-6-11(4-3-7-13-2)12(8-10)9-14/h5-6,8-9,13H,7H2,1-2H3. The van der Waals surface area contributed by atoms with Crippen molar-refractivity contribution in [2.75, 3.05) is 13.6 Å². The molecule has 0 unspecified atom stereocenters. The Labute approximate surface area is 84.3 Å². The van der Waals surface area contributed by atoms with E-state index in [1.807, 2.05) is 32.2 Å². The summed E-state index contributed by atoms with van der Waals surface area (Å²) in [5, 5.41) is 2.92. The largest absolute Gasteiger partial charge is 0.309 e. The maximum absolute atomic E-state index is 10.7. The van der Waals surface area contributed by atoms with Crippen LogP contribution in [0.15, 0.2) is 18.2 Å². The van der Waals surface area contributed by atoms with Crippen molar-refractivity contribution in [3.8, 4) is 11.8 Å². The van der Waals surface area contributed by atoms with Gasteiger partial charge in [-0.2, -0.15) is 0 Å². The summed E-state index contributed by atoms with van der Waals surface area (Å²) in [6, 6.07) is 5.68. The molecular formula is C12H13NO. The Hall–Kier alpha value is -1.59. The minimum Gasteiger partial charge on any atom is -0.309 e. The van der Waals surface area contributed by atoms with E-state index in [-0.39, 0.29) is 0 Å². The summed E-state index contributed by atoms with van der Waals surface area (Å²) in [4.78, 5) is 10.7. The molecule has 1 N–H and O–H groups in total. The zero-order valence-electron chi connectivity index (χ0n) is 8.42. The van der Waals surface area contributed by atoms with Crippen molar-refractivity contribution in [1.82, 2.24) is 5.32 Å². The number of nitrogens with one attached hydrogen (secondary N) is 1. The fraction of sp³-hybridized carbons (Fsp3) is 0.250. The quantitative estimate of drug-likeness (QED) is 0.560. The van der Waals surface area contributed by atoms with E-state index < -0.39 is 0 Å². The molecular weight excluding hydrogens is 174 g/mol. The molecule has 0 saturated carbocycles. The number of carbonyl (C=O) groups excluding carboxylic acids is 1. The summed E-state index contributed by atoms with van der Waals surface area (Å²) in [5.74, 6) is 5.87. The van der Waals surface area contributed by atoms with E-state index in [1.165, 1.54) is 0 Å². The SMILES string of the molecule is CNCC#Cc1ccc(C)cc1C=O. The van der Waals surface area contributed by atoms with Gasteiger partial charge >= 0.3 is 0 Å². The van der Waals surface area contributed by atoms with Gasteiger partial charge < -0.3 is 5.32 Å². The van der Waals surface area contributed by atoms with Crippen LogP contribution in [0.2, 0.25) is 0 Å². The Morgan fingerprint density at radius 1 is 1.50 bits per heavy atom. The first-order chi connectivity index (χ1) is 6.77.